The molecule has 0 unspecified atom stereocenters. The van der Waals surface area contributed by atoms with Crippen molar-refractivity contribution in [2.24, 2.45) is 11.3 Å². The summed E-state index contributed by atoms with van der Waals surface area (Å²) < 4.78 is 0. The lowest BCUT2D eigenvalue weighted by Crippen LogP contribution is -2.55. The molecule has 1 aromatic carbocycles. The highest BCUT2D eigenvalue weighted by Crippen LogP contribution is 2.22. The number of benzene rings is 1. The van der Waals surface area contributed by atoms with Crippen LogP contribution in [0.25, 0.3) is 0 Å². The summed E-state index contributed by atoms with van der Waals surface area (Å²) >= 11 is 0. The summed E-state index contributed by atoms with van der Waals surface area (Å²) in [5.74, 6) is -0.819. The van der Waals surface area contributed by atoms with Crippen LogP contribution in [0.4, 0.5) is 0 Å². The molecule has 1 fully saturated rings. The van der Waals surface area contributed by atoms with Crippen LogP contribution >= 0.6 is 0 Å². The van der Waals surface area contributed by atoms with Crippen molar-refractivity contribution < 1.29 is 19.2 Å². The molecule has 2 rings (SSSR count). The highest BCUT2D eigenvalue weighted by atomic mass is 16.7. The second-order valence-corrected chi connectivity index (χ2v) is 10.0. The molecule has 2 N–H and O–H groups in total. The second kappa shape index (κ2) is 14.0. The third kappa shape index (κ3) is 9.95. The van der Waals surface area contributed by atoms with Gasteiger partial charge in [0.15, 0.2) is 0 Å². The molecular formula is C26H41N3O4. The van der Waals surface area contributed by atoms with Crippen molar-refractivity contribution in [3.63, 3.8) is 0 Å². The molecule has 184 valence electrons. The summed E-state index contributed by atoms with van der Waals surface area (Å²) in [7, 11) is 0. The zero-order valence-electron chi connectivity index (χ0n) is 20.5. The van der Waals surface area contributed by atoms with Crippen molar-refractivity contribution in [2.75, 3.05) is 13.1 Å². The second-order valence-electron chi connectivity index (χ2n) is 10.0. The summed E-state index contributed by atoms with van der Waals surface area (Å²) in [6, 6.07) is 8.94. The zero-order valence-corrected chi connectivity index (χ0v) is 20.5. The maximum absolute atomic E-state index is 13.3. The fraction of sp³-hybridized carbons (Fsp3) is 0.654. The number of rotatable bonds is 6. The van der Waals surface area contributed by atoms with Gasteiger partial charge >= 0.3 is 0 Å². The van der Waals surface area contributed by atoms with Crippen LogP contribution in [0.1, 0.15) is 77.7 Å². The lowest BCUT2D eigenvalue weighted by molar-refractivity contribution is -0.182. The number of hydrogen-bond donors (Lipinski definition) is 2. The third-order valence-electron chi connectivity index (χ3n) is 6.07. The summed E-state index contributed by atoms with van der Waals surface area (Å²) in [4.78, 5) is 43.5. The van der Waals surface area contributed by atoms with Gasteiger partial charge in [0.25, 0.3) is 0 Å². The summed E-state index contributed by atoms with van der Waals surface area (Å²) in [6.45, 7) is 6.86. The third-order valence-corrected chi connectivity index (χ3v) is 6.07. The minimum atomic E-state index is -0.646. The maximum atomic E-state index is 13.3. The first-order valence-corrected chi connectivity index (χ1v) is 12.3. The van der Waals surface area contributed by atoms with E-state index in [2.05, 4.69) is 10.6 Å². The van der Waals surface area contributed by atoms with Crippen LogP contribution in [0.15, 0.2) is 30.3 Å². The number of nitrogens with one attached hydrogen (secondary N) is 2. The summed E-state index contributed by atoms with van der Waals surface area (Å²) in [6.07, 6.45) is 8.72. The van der Waals surface area contributed by atoms with Gasteiger partial charge in [-0.2, -0.15) is 0 Å². The molecule has 1 heterocycles. The largest absolute Gasteiger partial charge is 0.354 e. The zero-order chi connectivity index (χ0) is 24.1. The predicted octanol–water partition coefficient (Wildman–Crippen LogP) is 3.97. The molecule has 0 saturated carbocycles. The highest BCUT2D eigenvalue weighted by molar-refractivity contribution is 5.89. The molecule has 0 radical (unpaired) electrons. The van der Waals surface area contributed by atoms with E-state index in [1.54, 1.807) is 0 Å². The Morgan fingerprint density at radius 1 is 0.970 bits per heavy atom. The molecule has 0 aromatic heterocycles. The predicted molar refractivity (Wildman–Crippen MR) is 129 cm³/mol. The molecule has 7 nitrogen and oxygen atoms in total. The Labute approximate surface area is 198 Å². The number of carbonyl (C=O) groups is 3. The lowest BCUT2D eigenvalue weighted by atomic mass is 9.85. The van der Waals surface area contributed by atoms with E-state index in [-0.39, 0.29) is 25.0 Å². The molecule has 1 aromatic rings. The summed E-state index contributed by atoms with van der Waals surface area (Å²) in [5, 5.41) is 7.18. The van der Waals surface area contributed by atoms with E-state index >= 15 is 0 Å². The van der Waals surface area contributed by atoms with Gasteiger partial charge in [-0.3, -0.25) is 19.2 Å². The minimum absolute atomic E-state index is 0.153. The van der Waals surface area contributed by atoms with Crippen LogP contribution in [0.2, 0.25) is 0 Å². The fourth-order valence-corrected chi connectivity index (χ4v) is 4.03. The van der Waals surface area contributed by atoms with E-state index in [1.165, 1.54) is 5.06 Å². The number of amides is 3. The SMILES string of the molecule is CC(C)(C)[C@@H]1NC(=O)[C@@H](CN(C=O)OCc2ccccc2)CCCCCCCCCNC1=O. The molecule has 1 saturated heterocycles. The van der Waals surface area contributed by atoms with Gasteiger partial charge in [0.2, 0.25) is 18.2 Å². The first kappa shape index (κ1) is 26.8. The van der Waals surface area contributed by atoms with Gasteiger partial charge in [-0.15, -0.1) is 0 Å². The van der Waals surface area contributed by atoms with Crippen LogP contribution in [0, 0.1) is 11.3 Å². The van der Waals surface area contributed by atoms with E-state index in [1.807, 2.05) is 51.1 Å². The van der Waals surface area contributed by atoms with Crippen molar-refractivity contribution in [1.29, 1.82) is 0 Å². The Bertz CT molecular complexity index is 733. The summed E-state index contributed by atoms with van der Waals surface area (Å²) in [5.41, 5.74) is 0.507. The van der Waals surface area contributed by atoms with Gasteiger partial charge in [0, 0.05) is 6.54 Å². The smallest absolute Gasteiger partial charge is 0.243 e. The molecule has 7 heteroatoms. The first-order valence-electron chi connectivity index (χ1n) is 12.3. The standard InChI is InChI=1S/C26H41N3O4/c1-26(2,3)23-25(32)27-17-13-8-6-4-5-7-12-16-22(24(31)28-23)18-29(20-30)33-19-21-14-10-9-11-15-21/h9-11,14-15,20,22-23H,4-8,12-13,16-19H2,1-3H3,(H,27,32)(H,28,31)/t22-,23-/m1/s1. The topological polar surface area (TPSA) is 87.7 Å². The molecule has 3 amide bonds. The van der Waals surface area contributed by atoms with Crippen molar-refractivity contribution in [1.82, 2.24) is 15.7 Å². The van der Waals surface area contributed by atoms with Crippen LogP contribution < -0.4 is 10.6 Å². The Hall–Kier alpha value is -2.41. The number of nitrogens with zero attached hydrogens (tertiary/aromatic N) is 1. The van der Waals surface area contributed by atoms with Crippen LogP contribution in [-0.2, 0) is 25.8 Å². The minimum Gasteiger partial charge on any atom is -0.354 e. The molecular weight excluding hydrogens is 418 g/mol. The number of hydroxylamine groups is 2. The van der Waals surface area contributed by atoms with E-state index in [0.29, 0.717) is 19.4 Å². The van der Waals surface area contributed by atoms with Crippen LogP contribution in [0.5, 0.6) is 0 Å². The Kier molecular flexibility index (Phi) is 11.4. The average molecular weight is 460 g/mol. The van der Waals surface area contributed by atoms with Crippen LogP contribution in [0.3, 0.4) is 0 Å². The van der Waals surface area contributed by atoms with E-state index in [4.69, 9.17) is 4.84 Å². The Morgan fingerprint density at radius 2 is 1.61 bits per heavy atom. The normalized spacial score (nSPS) is 21.8. The number of hydrogen-bond acceptors (Lipinski definition) is 4. The lowest BCUT2D eigenvalue weighted by Gasteiger charge is -2.32. The van der Waals surface area contributed by atoms with Gasteiger partial charge in [0.1, 0.15) is 12.6 Å². The average Bonchev–Trinajstić information content (AvgIpc) is 2.79. The van der Waals surface area contributed by atoms with E-state index in [0.717, 1.165) is 50.5 Å². The molecule has 1 aliphatic rings. The van der Waals surface area contributed by atoms with Gasteiger partial charge in [-0.1, -0.05) is 89.6 Å². The fourth-order valence-electron chi connectivity index (χ4n) is 4.03. The Morgan fingerprint density at radius 3 is 2.24 bits per heavy atom. The van der Waals surface area contributed by atoms with Crippen molar-refractivity contribution in [2.45, 2.75) is 84.8 Å². The van der Waals surface area contributed by atoms with Crippen molar-refractivity contribution >= 4 is 18.2 Å². The number of carbonyl (C=O) groups excluding carboxylic acids is 3. The molecule has 0 spiro atoms. The van der Waals surface area contributed by atoms with E-state index in [9.17, 15) is 14.4 Å². The quantitative estimate of drug-likeness (QED) is 0.498. The molecule has 1 aliphatic heterocycles. The Balaban J connectivity index is 2.10. The van der Waals surface area contributed by atoms with Crippen molar-refractivity contribution in [3.8, 4) is 0 Å². The van der Waals surface area contributed by atoms with Gasteiger partial charge < -0.3 is 10.6 Å². The van der Waals surface area contributed by atoms with Crippen molar-refractivity contribution in [3.05, 3.63) is 35.9 Å². The molecule has 0 aliphatic carbocycles. The van der Waals surface area contributed by atoms with Crippen LogP contribution in [-0.4, -0.2) is 42.4 Å². The molecule has 2 atom stereocenters. The van der Waals surface area contributed by atoms with E-state index < -0.39 is 17.4 Å². The van der Waals surface area contributed by atoms with Gasteiger partial charge in [0.05, 0.1) is 12.5 Å². The van der Waals surface area contributed by atoms with Gasteiger partial charge in [-0.25, -0.2) is 5.06 Å². The molecule has 0 bridgehead atoms. The monoisotopic (exact) mass is 459 g/mol. The molecule has 33 heavy (non-hydrogen) atoms. The highest BCUT2D eigenvalue weighted by Gasteiger charge is 2.34. The van der Waals surface area contributed by atoms with Gasteiger partial charge in [-0.05, 0) is 23.8 Å². The first-order chi connectivity index (χ1) is 15.8. The maximum Gasteiger partial charge on any atom is 0.243 e.